The van der Waals surface area contributed by atoms with Gasteiger partial charge in [-0.15, -0.1) is 0 Å². The highest BCUT2D eigenvalue weighted by Gasteiger charge is 2.69. The third-order valence-corrected chi connectivity index (χ3v) is 5.19. The van der Waals surface area contributed by atoms with Crippen molar-refractivity contribution in [3.63, 3.8) is 0 Å². The van der Waals surface area contributed by atoms with Crippen LogP contribution in [0.1, 0.15) is 39.2 Å². The minimum atomic E-state index is -2.61. The quantitative estimate of drug-likeness (QED) is 0.246. The van der Waals surface area contributed by atoms with Crippen LogP contribution in [0.5, 0.6) is 0 Å². The number of benzene rings is 1. The van der Waals surface area contributed by atoms with E-state index < -0.39 is 46.8 Å². The molecule has 0 fully saturated rings. The molecule has 0 saturated carbocycles. The number of hydrogen-bond donors (Lipinski definition) is 0. The van der Waals surface area contributed by atoms with E-state index in [1.54, 1.807) is 12.1 Å². The Kier molecular flexibility index (Phi) is 7.94. The van der Waals surface area contributed by atoms with Crippen LogP contribution in [0.4, 0.5) is 4.39 Å². The van der Waals surface area contributed by atoms with Crippen molar-refractivity contribution >= 4 is 39.7 Å². The summed E-state index contributed by atoms with van der Waals surface area (Å²) < 4.78 is 31.5. The number of nitrogens with zero attached hydrogens (tertiary/aromatic N) is 1. The van der Waals surface area contributed by atoms with Crippen LogP contribution < -0.4 is 0 Å². The first-order valence-corrected chi connectivity index (χ1v) is 10.4. The third kappa shape index (κ3) is 4.21. The van der Waals surface area contributed by atoms with Gasteiger partial charge in [-0.25, -0.2) is 14.4 Å². The van der Waals surface area contributed by atoms with Crippen molar-refractivity contribution in [1.82, 2.24) is 4.90 Å². The van der Waals surface area contributed by atoms with Gasteiger partial charge in [-0.2, -0.15) is 4.39 Å². The Morgan fingerprint density at radius 3 is 1.87 bits per heavy atom. The molecule has 1 heterocycles. The minimum absolute atomic E-state index is 0.0887. The summed E-state index contributed by atoms with van der Waals surface area (Å²) in [6.45, 7) is 5.08. The molecule has 1 unspecified atom stereocenters. The van der Waals surface area contributed by atoms with E-state index in [0.29, 0.717) is 9.37 Å². The lowest BCUT2D eigenvalue weighted by Crippen LogP contribution is -2.62. The van der Waals surface area contributed by atoms with Crippen molar-refractivity contribution in [2.75, 3.05) is 19.8 Å². The Morgan fingerprint density at radius 1 is 0.968 bits per heavy atom. The first kappa shape index (κ1) is 24.5. The zero-order valence-electron chi connectivity index (χ0n) is 17.6. The molecule has 1 aromatic carbocycles. The number of ether oxygens (including phenoxy) is 3. The average Bonchev–Trinajstić information content (AvgIpc) is 2.99. The molecule has 0 bridgehead atoms. The van der Waals surface area contributed by atoms with Gasteiger partial charge in [0.25, 0.3) is 5.54 Å². The summed E-state index contributed by atoms with van der Waals surface area (Å²) in [6.07, 6.45) is 0. The molecule has 0 radical (unpaired) electrons. The van der Waals surface area contributed by atoms with Gasteiger partial charge in [-0.1, -0.05) is 28.1 Å². The summed E-state index contributed by atoms with van der Waals surface area (Å²) in [5.74, 6) is -7.44. The van der Waals surface area contributed by atoms with Crippen molar-refractivity contribution in [1.29, 1.82) is 0 Å². The fraction of sp³-hybridized carbons (Fsp3) is 0.429. The zero-order valence-corrected chi connectivity index (χ0v) is 19.2. The third-order valence-electron chi connectivity index (χ3n) is 4.66. The van der Waals surface area contributed by atoms with Gasteiger partial charge >= 0.3 is 17.9 Å². The standard InChI is InChI=1S/C21H23BrFNO7/c1-5-29-18(26)15-16(13-8-10-14(22)11-9-13)21(19(27)30-6-2,20(28)31-7-3)24(12(4)25)17(15)23/h8-11,16H,5-7H2,1-4H3. The summed E-state index contributed by atoms with van der Waals surface area (Å²) in [4.78, 5) is 52.1. The average molecular weight is 500 g/mol. The van der Waals surface area contributed by atoms with E-state index in [-0.39, 0.29) is 25.4 Å². The molecule has 0 N–H and O–H groups in total. The molecule has 2 rings (SSSR count). The molecule has 1 aromatic rings. The highest BCUT2D eigenvalue weighted by Crippen LogP contribution is 2.51. The van der Waals surface area contributed by atoms with Gasteiger partial charge in [-0.05, 0) is 38.5 Å². The number of amides is 1. The summed E-state index contributed by atoms with van der Waals surface area (Å²) in [5, 5.41) is 0. The van der Waals surface area contributed by atoms with E-state index >= 15 is 4.39 Å². The maximum atomic E-state index is 15.6. The van der Waals surface area contributed by atoms with Crippen molar-refractivity contribution in [2.24, 2.45) is 0 Å². The van der Waals surface area contributed by atoms with Gasteiger partial charge in [0.2, 0.25) is 11.9 Å². The second-order valence-electron chi connectivity index (χ2n) is 6.47. The van der Waals surface area contributed by atoms with Crippen LogP contribution in [0.2, 0.25) is 0 Å². The molecule has 31 heavy (non-hydrogen) atoms. The smallest absolute Gasteiger partial charge is 0.345 e. The Hall–Kier alpha value is -2.75. The number of halogens is 2. The van der Waals surface area contributed by atoms with E-state index in [0.717, 1.165) is 6.92 Å². The van der Waals surface area contributed by atoms with Crippen LogP contribution in [0.15, 0.2) is 40.3 Å². The van der Waals surface area contributed by atoms with Crippen LogP contribution in [-0.4, -0.2) is 54.1 Å². The molecule has 0 saturated heterocycles. The molecule has 0 aliphatic carbocycles. The first-order chi connectivity index (χ1) is 14.7. The molecule has 8 nitrogen and oxygen atoms in total. The molecular formula is C21H23BrFNO7. The maximum Gasteiger partial charge on any atom is 0.345 e. The number of rotatable bonds is 7. The summed E-state index contributed by atoms with van der Waals surface area (Å²) in [6, 6.07) is 6.18. The maximum absolute atomic E-state index is 15.6. The molecular weight excluding hydrogens is 477 g/mol. The summed E-state index contributed by atoms with van der Waals surface area (Å²) >= 11 is 3.28. The SMILES string of the molecule is CCOC(=O)C1=C(F)N(C(C)=O)C(C(=O)OCC)(C(=O)OCC)C1c1ccc(Br)cc1. The van der Waals surface area contributed by atoms with E-state index in [9.17, 15) is 19.2 Å². The number of esters is 3. The van der Waals surface area contributed by atoms with Gasteiger partial charge in [-0.3, -0.25) is 9.69 Å². The van der Waals surface area contributed by atoms with E-state index in [2.05, 4.69) is 15.9 Å². The molecule has 0 spiro atoms. The Labute approximate surface area is 187 Å². The molecule has 0 aromatic heterocycles. The van der Waals surface area contributed by atoms with E-state index in [4.69, 9.17) is 14.2 Å². The predicted molar refractivity (Wildman–Crippen MR) is 110 cm³/mol. The Bertz CT molecular complexity index is 895. The topological polar surface area (TPSA) is 99.2 Å². The lowest BCUT2D eigenvalue weighted by Gasteiger charge is -2.37. The van der Waals surface area contributed by atoms with Gasteiger partial charge in [0, 0.05) is 11.4 Å². The van der Waals surface area contributed by atoms with Gasteiger partial charge in [0.15, 0.2) is 0 Å². The van der Waals surface area contributed by atoms with Gasteiger partial charge in [0.05, 0.1) is 25.7 Å². The van der Waals surface area contributed by atoms with Crippen molar-refractivity contribution in [3.05, 3.63) is 45.8 Å². The monoisotopic (exact) mass is 499 g/mol. The zero-order chi connectivity index (χ0) is 23.3. The fourth-order valence-corrected chi connectivity index (χ4v) is 3.84. The summed E-state index contributed by atoms with van der Waals surface area (Å²) in [5.41, 5.74) is -3.04. The van der Waals surface area contributed by atoms with Crippen LogP contribution in [-0.2, 0) is 33.4 Å². The Balaban J connectivity index is 2.94. The molecule has 10 heteroatoms. The molecule has 1 aliphatic heterocycles. The first-order valence-electron chi connectivity index (χ1n) is 9.65. The van der Waals surface area contributed by atoms with Crippen molar-refractivity contribution in [2.45, 2.75) is 39.2 Å². The lowest BCUT2D eigenvalue weighted by atomic mass is 9.76. The van der Waals surface area contributed by atoms with E-state index in [1.165, 1.54) is 32.9 Å². The van der Waals surface area contributed by atoms with Gasteiger partial charge < -0.3 is 14.2 Å². The highest BCUT2D eigenvalue weighted by molar-refractivity contribution is 9.10. The highest BCUT2D eigenvalue weighted by atomic mass is 79.9. The molecule has 1 amide bonds. The summed E-state index contributed by atoms with van der Waals surface area (Å²) in [7, 11) is 0. The van der Waals surface area contributed by atoms with Gasteiger partial charge in [0.1, 0.15) is 5.57 Å². The predicted octanol–water partition coefficient (Wildman–Crippen LogP) is 3.00. The largest absolute Gasteiger partial charge is 0.464 e. The van der Waals surface area contributed by atoms with Crippen LogP contribution >= 0.6 is 15.9 Å². The second-order valence-corrected chi connectivity index (χ2v) is 7.39. The number of carbonyl (C=O) groups is 4. The molecule has 168 valence electrons. The molecule has 1 aliphatic rings. The number of carbonyl (C=O) groups excluding carboxylic acids is 4. The fourth-order valence-electron chi connectivity index (χ4n) is 3.58. The van der Waals surface area contributed by atoms with Crippen LogP contribution in [0, 0.1) is 0 Å². The minimum Gasteiger partial charge on any atom is -0.464 e. The lowest BCUT2D eigenvalue weighted by molar-refractivity contribution is -0.177. The van der Waals surface area contributed by atoms with Crippen molar-refractivity contribution < 1.29 is 37.8 Å². The van der Waals surface area contributed by atoms with Crippen LogP contribution in [0.25, 0.3) is 0 Å². The van der Waals surface area contributed by atoms with Crippen LogP contribution in [0.3, 0.4) is 0 Å². The second kappa shape index (κ2) is 10.0. The van der Waals surface area contributed by atoms with E-state index in [1.807, 2.05) is 0 Å². The number of hydrogen-bond acceptors (Lipinski definition) is 7. The Morgan fingerprint density at radius 2 is 1.45 bits per heavy atom. The normalized spacial score (nSPS) is 17.4. The van der Waals surface area contributed by atoms with Crippen molar-refractivity contribution in [3.8, 4) is 0 Å². The molecule has 1 atom stereocenters.